The molecule has 0 spiro atoms. The molecule has 1 amide bonds. The van der Waals surface area contributed by atoms with Crippen LogP contribution in [-0.4, -0.2) is 76.3 Å². The van der Waals surface area contributed by atoms with Crippen molar-refractivity contribution in [2.45, 2.75) is 24.9 Å². The zero-order valence-corrected chi connectivity index (χ0v) is 12.8. The van der Waals surface area contributed by atoms with Gasteiger partial charge >= 0.3 is 0 Å². The van der Waals surface area contributed by atoms with Gasteiger partial charge in [-0.25, -0.2) is 16.8 Å². The number of sulfone groups is 2. The number of rotatable bonds is 6. The van der Waals surface area contributed by atoms with Gasteiger partial charge in [0.25, 0.3) is 0 Å². The predicted molar refractivity (Wildman–Crippen MR) is 74.9 cm³/mol. The molecule has 0 radical (unpaired) electrons. The van der Waals surface area contributed by atoms with Crippen LogP contribution in [0, 0.1) is 0 Å². The average molecular weight is 324 g/mol. The largest absolute Gasteiger partial charge is 0.340 e. The topological polar surface area (TPSA) is 101 Å². The van der Waals surface area contributed by atoms with Crippen LogP contribution in [0.2, 0.25) is 0 Å². The van der Waals surface area contributed by atoms with Crippen molar-refractivity contribution >= 4 is 26.1 Å². The summed E-state index contributed by atoms with van der Waals surface area (Å²) in [5.41, 5.74) is 0. The van der Waals surface area contributed by atoms with Crippen LogP contribution in [0.25, 0.3) is 0 Å². The van der Waals surface area contributed by atoms with Crippen molar-refractivity contribution in [3.63, 3.8) is 0 Å². The molecule has 0 saturated carbocycles. The number of amides is 1. The minimum Gasteiger partial charge on any atom is -0.340 e. The van der Waals surface area contributed by atoms with E-state index in [0.29, 0.717) is 32.3 Å². The highest BCUT2D eigenvalue weighted by atomic mass is 32.2. The number of nitrogens with one attached hydrogen (secondary N) is 1. The molecule has 0 bridgehead atoms. The van der Waals surface area contributed by atoms with E-state index in [0.717, 1.165) is 0 Å². The Hall–Kier alpha value is -0.670. The van der Waals surface area contributed by atoms with Crippen LogP contribution in [-0.2, 0) is 24.5 Å². The number of carbonyl (C=O) groups is 1. The van der Waals surface area contributed by atoms with Crippen molar-refractivity contribution in [1.82, 2.24) is 10.2 Å². The van der Waals surface area contributed by atoms with Gasteiger partial charge in [-0.1, -0.05) is 0 Å². The molecule has 2 aliphatic rings. The Labute approximate surface area is 119 Å². The van der Waals surface area contributed by atoms with Gasteiger partial charge < -0.3 is 10.2 Å². The Balaban J connectivity index is 1.76. The van der Waals surface area contributed by atoms with Gasteiger partial charge in [-0.15, -0.1) is 0 Å². The van der Waals surface area contributed by atoms with Crippen LogP contribution in [0.15, 0.2) is 0 Å². The first-order valence-corrected chi connectivity index (χ1v) is 10.3. The van der Waals surface area contributed by atoms with E-state index in [4.69, 9.17) is 0 Å². The van der Waals surface area contributed by atoms with Crippen LogP contribution >= 0.6 is 0 Å². The molecule has 0 aromatic rings. The molecule has 0 aromatic carbocycles. The van der Waals surface area contributed by atoms with Gasteiger partial charge in [-0.2, -0.15) is 0 Å². The van der Waals surface area contributed by atoms with Crippen LogP contribution in [0.5, 0.6) is 0 Å². The molecular weight excluding hydrogens is 304 g/mol. The fourth-order valence-electron chi connectivity index (χ4n) is 2.71. The van der Waals surface area contributed by atoms with E-state index in [2.05, 4.69) is 5.32 Å². The second kappa shape index (κ2) is 5.98. The zero-order valence-electron chi connectivity index (χ0n) is 11.2. The molecule has 1 N–H and O–H groups in total. The first-order valence-electron chi connectivity index (χ1n) is 6.66. The molecule has 2 unspecified atom stereocenters. The normalized spacial score (nSPS) is 31.2. The van der Waals surface area contributed by atoms with Crippen molar-refractivity contribution in [3.05, 3.63) is 0 Å². The highest BCUT2D eigenvalue weighted by Gasteiger charge is 2.32. The van der Waals surface area contributed by atoms with E-state index < -0.39 is 19.7 Å². The monoisotopic (exact) mass is 324 g/mol. The summed E-state index contributed by atoms with van der Waals surface area (Å²) in [7, 11) is -5.91. The van der Waals surface area contributed by atoms with Crippen molar-refractivity contribution in [2.75, 3.05) is 36.1 Å². The molecule has 2 aliphatic heterocycles. The minimum atomic E-state index is -3.01. The Morgan fingerprint density at radius 3 is 2.20 bits per heavy atom. The van der Waals surface area contributed by atoms with Crippen molar-refractivity contribution in [1.29, 1.82) is 0 Å². The summed E-state index contributed by atoms with van der Waals surface area (Å²) in [4.78, 5) is 12.5. The zero-order chi connectivity index (χ0) is 14.8. The molecule has 9 heteroatoms. The summed E-state index contributed by atoms with van der Waals surface area (Å²) in [5.74, 6) is 0.522. The fraction of sp³-hybridized carbons (Fsp3) is 0.909. The van der Waals surface area contributed by atoms with Crippen molar-refractivity contribution in [3.8, 4) is 0 Å². The second-order valence-corrected chi connectivity index (χ2v) is 9.91. The van der Waals surface area contributed by atoms with Crippen molar-refractivity contribution in [2.24, 2.45) is 0 Å². The van der Waals surface area contributed by atoms with Gasteiger partial charge in [0, 0.05) is 25.2 Å². The highest BCUT2D eigenvalue weighted by molar-refractivity contribution is 7.91. The van der Waals surface area contributed by atoms with Crippen LogP contribution in [0.3, 0.4) is 0 Å². The lowest BCUT2D eigenvalue weighted by molar-refractivity contribution is -0.119. The second-order valence-electron chi connectivity index (χ2n) is 5.45. The predicted octanol–water partition coefficient (Wildman–Crippen LogP) is -1.59. The number of hydrogen-bond acceptors (Lipinski definition) is 6. The van der Waals surface area contributed by atoms with E-state index in [-0.39, 0.29) is 35.1 Å². The molecule has 0 aromatic heterocycles. The van der Waals surface area contributed by atoms with Gasteiger partial charge in [0.2, 0.25) is 6.41 Å². The Kier molecular flexibility index (Phi) is 4.70. The lowest BCUT2D eigenvalue weighted by Crippen LogP contribution is -2.42. The Morgan fingerprint density at radius 2 is 1.70 bits per heavy atom. The average Bonchev–Trinajstić information content (AvgIpc) is 2.87. The SMILES string of the molecule is O=CN(CCNC1CCS(=O)(=O)C1)C1CCS(=O)(=O)C1. The summed E-state index contributed by atoms with van der Waals surface area (Å²) < 4.78 is 45.4. The standard InChI is InChI=1S/C11H20N2O5S2/c14-9-13(11-2-6-20(17,18)8-11)4-3-12-10-1-5-19(15,16)7-10/h9-12H,1-8H2. The maximum Gasteiger partial charge on any atom is 0.210 e. The lowest BCUT2D eigenvalue weighted by atomic mass is 10.2. The maximum atomic E-state index is 11.4. The van der Waals surface area contributed by atoms with Crippen LogP contribution < -0.4 is 5.32 Å². The molecule has 116 valence electrons. The lowest BCUT2D eigenvalue weighted by Gasteiger charge is -2.24. The number of nitrogens with zero attached hydrogens (tertiary/aromatic N) is 1. The van der Waals surface area contributed by atoms with Crippen molar-refractivity contribution < 1.29 is 21.6 Å². The summed E-state index contributed by atoms with van der Waals surface area (Å²) >= 11 is 0. The van der Waals surface area contributed by atoms with Crippen LogP contribution in [0.4, 0.5) is 0 Å². The summed E-state index contributed by atoms with van der Waals surface area (Å²) in [6.07, 6.45) is 1.76. The van der Waals surface area contributed by atoms with E-state index in [9.17, 15) is 21.6 Å². The van der Waals surface area contributed by atoms with Gasteiger partial charge in [0.15, 0.2) is 19.7 Å². The molecule has 7 nitrogen and oxygen atoms in total. The maximum absolute atomic E-state index is 11.4. The minimum absolute atomic E-state index is 0.0313. The molecule has 20 heavy (non-hydrogen) atoms. The molecule has 0 aliphatic carbocycles. The third kappa shape index (κ3) is 4.16. The highest BCUT2D eigenvalue weighted by Crippen LogP contribution is 2.16. The molecule has 2 fully saturated rings. The Morgan fingerprint density at radius 1 is 1.05 bits per heavy atom. The summed E-state index contributed by atoms with van der Waals surface area (Å²) in [6.45, 7) is 0.885. The Bertz CT molecular complexity index is 557. The van der Waals surface area contributed by atoms with E-state index >= 15 is 0 Å². The fourth-order valence-corrected chi connectivity index (χ4v) is 6.16. The quantitative estimate of drug-likeness (QED) is 0.591. The van der Waals surface area contributed by atoms with Gasteiger partial charge in [0.05, 0.1) is 23.0 Å². The van der Waals surface area contributed by atoms with E-state index in [1.165, 1.54) is 4.90 Å². The first-order chi connectivity index (χ1) is 9.31. The number of carbonyl (C=O) groups excluding carboxylic acids is 1. The van der Waals surface area contributed by atoms with E-state index in [1.54, 1.807) is 0 Å². The summed E-state index contributed by atoms with van der Waals surface area (Å²) in [5, 5.41) is 3.12. The molecule has 2 heterocycles. The summed E-state index contributed by atoms with van der Waals surface area (Å²) in [6, 6.07) is -0.299. The van der Waals surface area contributed by atoms with Crippen LogP contribution in [0.1, 0.15) is 12.8 Å². The third-order valence-electron chi connectivity index (χ3n) is 3.85. The van der Waals surface area contributed by atoms with E-state index in [1.807, 2.05) is 0 Å². The number of hydrogen-bond donors (Lipinski definition) is 1. The van der Waals surface area contributed by atoms with Gasteiger partial charge in [-0.3, -0.25) is 4.79 Å². The molecule has 2 atom stereocenters. The molecular formula is C11H20N2O5S2. The van der Waals surface area contributed by atoms with Gasteiger partial charge in [-0.05, 0) is 12.8 Å². The van der Waals surface area contributed by atoms with Gasteiger partial charge in [0.1, 0.15) is 0 Å². The smallest absolute Gasteiger partial charge is 0.210 e. The molecule has 2 saturated heterocycles. The molecule has 2 rings (SSSR count). The first kappa shape index (κ1) is 15.7. The third-order valence-corrected chi connectivity index (χ3v) is 7.37.